The largest absolute Gasteiger partial charge is 0.490 e. The van der Waals surface area contributed by atoms with Gasteiger partial charge in [0.05, 0.1) is 24.7 Å². The molecule has 2 heterocycles. The number of benzene rings is 1. The van der Waals surface area contributed by atoms with Crippen LogP contribution in [0, 0.1) is 11.7 Å². The molecule has 1 saturated heterocycles. The lowest BCUT2D eigenvalue weighted by Gasteiger charge is -2.18. The Morgan fingerprint density at radius 1 is 1.35 bits per heavy atom. The SMILES string of the molecule is O=C(O)C1CNC(c2c(F)ccc3c2OCCCO3)C1. The van der Waals surface area contributed by atoms with Crippen molar-refractivity contribution < 1.29 is 23.8 Å². The third-order valence-corrected chi connectivity index (χ3v) is 3.73. The molecule has 2 atom stereocenters. The van der Waals surface area contributed by atoms with E-state index in [1.165, 1.54) is 6.07 Å². The van der Waals surface area contributed by atoms with Gasteiger partial charge in [0.2, 0.25) is 0 Å². The highest BCUT2D eigenvalue weighted by Gasteiger charge is 2.34. The van der Waals surface area contributed by atoms with Crippen molar-refractivity contribution in [2.24, 2.45) is 5.92 Å². The molecular weight excluding hydrogens is 265 g/mol. The van der Waals surface area contributed by atoms with Gasteiger partial charge in [0, 0.05) is 19.0 Å². The van der Waals surface area contributed by atoms with Crippen molar-refractivity contribution in [3.63, 3.8) is 0 Å². The number of ether oxygens (including phenoxy) is 2. The van der Waals surface area contributed by atoms with Gasteiger partial charge in [0.1, 0.15) is 5.82 Å². The Hall–Kier alpha value is -1.82. The summed E-state index contributed by atoms with van der Waals surface area (Å²) in [6.07, 6.45) is 1.09. The first-order valence-corrected chi connectivity index (χ1v) is 6.71. The quantitative estimate of drug-likeness (QED) is 0.864. The third-order valence-electron chi connectivity index (χ3n) is 3.73. The Bertz CT molecular complexity index is 534. The van der Waals surface area contributed by atoms with Gasteiger partial charge in [0.15, 0.2) is 11.5 Å². The lowest BCUT2D eigenvalue weighted by atomic mass is 9.98. The molecule has 0 bridgehead atoms. The Labute approximate surface area is 115 Å². The number of aliphatic carboxylic acids is 1. The number of fused-ring (bicyclic) bond motifs is 1. The number of carbonyl (C=O) groups is 1. The molecule has 0 saturated carbocycles. The number of carboxylic acids is 1. The lowest BCUT2D eigenvalue weighted by molar-refractivity contribution is -0.141. The lowest BCUT2D eigenvalue weighted by Crippen LogP contribution is -2.18. The van der Waals surface area contributed by atoms with Crippen LogP contribution in [0.2, 0.25) is 0 Å². The number of hydrogen-bond acceptors (Lipinski definition) is 4. The van der Waals surface area contributed by atoms with E-state index >= 15 is 0 Å². The van der Waals surface area contributed by atoms with Crippen molar-refractivity contribution in [1.29, 1.82) is 0 Å². The average molecular weight is 281 g/mol. The molecule has 0 aliphatic carbocycles. The molecule has 1 aromatic rings. The number of nitrogens with one attached hydrogen (secondary N) is 1. The molecule has 2 aliphatic heterocycles. The van der Waals surface area contributed by atoms with Gasteiger partial charge in [-0.1, -0.05) is 0 Å². The van der Waals surface area contributed by atoms with Crippen LogP contribution in [0.3, 0.4) is 0 Å². The van der Waals surface area contributed by atoms with Gasteiger partial charge in [-0.3, -0.25) is 4.79 Å². The van der Waals surface area contributed by atoms with E-state index in [1.54, 1.807) is 6.07 Å². The highest BCUT2D eigenvalue weighted by molar-refractivity contribution is 5.71. The summed E-state index contributed by atoms with van der Waals surface area (Å²) < 4.78 is 25.3. The maximum absolute atomic E-state index is 14.2. The van der Waals surface area contributed by atoms with E-state index < -0.39 is 17.7 Å². The monoisotopic (exact) mass is 281 g/mol. The maximum Gasteiger partial charge on any atom is 0.307 e. The van der Waals surface area contributed by atoms with Gasteiger partial charge in [-0.15, -0.1) is 0 Å². The van der Waals surface area contributed by atoms with Gasteiger partial charge in [-0.2, -0.15) is 0 Å². The molecule has 0 amide bonds. The second kappa shape index (κ2) is 5.28. The number of carboxylic acid groups (broad SMARTS) is 1. The van der Waals surface area contributed by atoms with Crippen molar-refractivity contribution in [3.8, 4) is 11.5 Å². The standard InChI is InChI=1S/C14H16FNO4/c15-9-2-3-11-13(20-5-1-4-19-11)12(9)10-6-8(7-16-10)14(17)18/h2-3,8,10,16H,1,4-7H2,(H,17,18). The third kappa shape index (κ3) is 2.31. The summed E-state index contributed by atoms with van der Waals surface area (Å²) in [5.41, 5.74) is 0.383. The van der Waals surface area contributed by atoms with Crippen molar-refractivity contribution in [3.05, 3.63) is 23.5 Å². The molecule has 0 aromatic heterocycles. The number of halogens is 1. The minimum absolute atomic E-state index is 0.337. The molecule has 2 aliphatic rings. The molecule has 20 heavy (non-hydrogen) atoms. The summed E-state index contributed by atoms with van der Waals surface area (Å²) in [5, 5.41) is 12.1. The van der Waals surface area contributed by atoms with Crippen molar-refractivity contribution >= 4 is 5.97 Å². The zero-order chi connectivity index (χ0) is 14.1. The summed E-state index contributed by atoms with van der Waals surface area (Å²) in [4.78, 5) is 11.0. The van der Waals surface area contributed by atoms with Crippen LogP contribution in [0.1, 0.15) is 24.4 Å². The fourth-order valence-corrected chi connectivity index (χ4v) is 2.70. The van der Waals surface area contributed by atoms with Gasteiger partial charge in [0.25, 0.3) is 0 Å². The van der Waals surface area contributed by atoms with E-state index in [2.05, 4.69) is 5.32 Å². The summed E-state index contributed by atoms with van der Waals surface area (Å²) in [6.45, 7) is 1.34. The second-order valence-electron chi connectivity index (χ2n) is 5.07. The highest BCUT2D eigenvalue weighted by atomic mass is 19.1. The molecule has 3 rings (SSSR count). The second-order valence-corrected chi connectivity index (χ2v) is 5.07. The topological polar surface area (TPSA) is 67.8 Å². The van der Waals surface area contributed by atoms with E-state index in [1.807, 2.05) is 0 Å². The van der Waals surface area contributed by atoms with Crippen LogP contribution >= 0.6 is 0 Å². The molecule has 108 valence electrons. The van der Waals surface area contributed by atoms with Crippen LogP contribution in [0.15, 0.2) is 12.1 Å². The van der Waals surface area contributed by atoms with E-state index in [0.717, 1.165) is 6.42 Å². The minimum atomic E-state index is -0.861. The minimum Gasteiger partial charge on any atom is -0.490 e. The first kappa shape index (κ1) is 13.2. The van der Waals surface area contributed by atoms with Crippen LogP contribution in [0.5, 0.6) is 11.5 Å². The van der Waals surface area contributed by atoms with Gasteiger partial charge < -0.3 is 19.9 Å². The molecule has 1 aromatic carbocycles. The molecule has 6 heteroatoms. The summed E-state index contributed by atoms with van der Waals surface area (Å²) >= 11 is 0. The first-order valence-electron chi connectivity index (χ1n) is 6.71. The Morgan fingerprint density at radius 3 is 2.90 bits per heavy atom. The van der Waals surface area contributed by atoms with Gasteiger partial charge in [-0.25, -0.2) is 4.39 Å². The first-order chi connectivity index (χ1) is 9.66. The predicted octanol–water partition coefficient (Wildman–Crippen LogP) is 1.72. The van der Waals surface area contributed by atoms with Crippen molar-refractivity contribution in [2.45, 2.75) is 18.9 Å². The fraction of sp³-hybridized carbons (Fsp3) is 0.500. The number of hydrogen-bond donors (Lipinski definition) is 2. The summed E-state index contributed by atoms with van der Waals surface area (Å²) in [5.74, 6) is -0.815. The van der Waals surface area contributed by atoms with Crippen molar-refractivity contribution in [2.75, 3.05) is 19.8 Å². The molecule has 0 radical (unpaired) electrons. The van der Waals surface area contributed by atoms with Crippen LogP contribution < -0.4 is 14.8 Å². The molecule has 2 N–H and O–H groups in total. The molecular formula is C14H16FNO4. The van der Waals surface area contributed by atoms with E-state index in [0.29, 0.717) is 43.2 Å². The van der Waals surface area contributed by atoms with Crippen molar-refractivity contribution in [1.82, 2.24) is 5.32 Å². The van der Waals surface area contributed by atoms with E-state index in [-0.39, 0.29) is 6.04 Å². The number of rotatable bonds is 2. The van der Waals surface area contributed by atoms with Crippen LogP contribution in [-0.2, 0) is 4.79 Å². The van der Waals surface area contributed by atoms with Gasteiger partial charge >= 0.3 is 5.97 Å². The molecule has 2 unspecified atom stereocenters. The van der Waals surface area contributed by atoms with E-state index in [4.69, 9.17) is 14.6 Å². The summed E-state index contributed by atoms with van der Waals surface area (Å²) in [7, 11) is 0. The van der Waals surface area contributed by atoms with Crippen LogP contribution in [-0.4, -0.2) is 30.8 Å². The normalized spacial score (nSPS) is 25.2. The predicted molar refractivity (Wildman–Crippen MR) is 68.5 cm³/mol. The average Bonchev–Trinajstić information content (AvgIpc) is 2.78. The fourth-order valence-electron chi connectivity index (χ4n) is 2.70. The zero-order valence-electron chi connectivity index (χ0n) is 10.9. The molecule has 0 spiro atoms. The highest BCUT2D eigenvalue weighted by Crippen LogP contribution is 2.41. The maximum atomic E-state index is 14.2. The molecule has 1 fully saturated rings. The zero-order valence-corrected chi connectivity index (χ0v) is 10.9. The van der Waals surface area contributed by atoms with Crippen LogP contribution in [0.4, 0.5) is 4.39 Å². The summed E-state index contributed by atoms with van der Waals surface area (Å²) in [6, 6.07) is 2.55. The Morgan fingerprint density at radius 2 is 2.15 bits per heavy atom. The van der Waals surface area contributed by atoms with E-state index in [9.17, 15) is 9.18 Å². The Kier molecular flexibility index (Phi) is 3.48. The Balaban J connectivity index is 1.95. The van der Waals surface area contributed by atoms with Crippen LogP contribution in [0.25, 0.3) is 0 Å². The van der Waals surface area contributed by atoms with Gasteiger partial charge in [-0.05, 0) is 18.6 Å². The molecule has 5 nitrogen and oxygen atoms in total. The smallest absolute Gasteiger partial charge is 0.307 e.